The van der Waals surface area contributed by atoms with Crippen LogP contribution in [0.4, 0.5) is 5.69 Å². The van der Waals surface area contributed by atoms with Gasteiger partial charge in [0.15, 0.2) is 23.2 Å². The highest BCUT2D eigenvalue weighted by atomic mass is 16.3. The minimum atomic E-state index is 0.415. The highest BCUT2D eigenvalue weighted by Crippen LogP contribution is 2.46. The Morgan fingerprint density at radius 3 is 1.26 bits per heavy atom. The molecule has 0 amide bonds. The smallest absolute Gasteiger partial charge is 0.187 e. The second kappa shape index (κ2) is 19.7. The summed E-state index contributed by atoms with van der Waals surface area (Å²) >= 11 is 0. The van der Waals surface area contributed by atoms with Gasteiger partial charge in [-0.1, -0.05) is 152 Å². The third-order valence-corrected chi connectivity index (χ3v) is 17.1. The first-order valence-corrected chi connectivity index (χ1v) is 28.8. The predicted octanol–water partition coefficient (Wildman–Crippen LogP) is 20.2. The normalized spacial score (nSPS) is 11.6. The molecule has 0 N–H and O–H groups in total. The molecule has 12 aromatic carbocycles. The maximum Gasteiger partial charge on any atom is 0.187 e. The first kappa shape index (κ1) is 49.9. The molecule has 10 heteroatoms. The largest absolute Gasteiger partial charge is 0.455 e. The lowest BCUT2D eigenvalue weighted by molar-refractivity contribution is 0.672. The van der Waals surface area contributed by atoms with Gasteiger partial charge in [0.2, 0.25) is 0 Å². The van der Waals surface area contributed by atoms with Crippen LogP contribution in [0, 0.1) is 29.2 Å². The Kier molecular flexibility index (Phi) is 11.2. The van der Waals surface area contributed by atoms with Crippen LogP contribution in [-0.4, -0.2) is 24.1 Å². The van der Waals surface area contributed by atoms with E-state index in [1.54, 1.807) is 0 Å². The van der Waals surface area contributed by atoms with Gasteiger partial charge < -0.3 is 18.0 Å². The molecular formula is C78H42N8O2. The molecule has 17 rings (SSSR count). The summed E-state index contributed by atoms with van der Waals surface area (Å²) in [5, 5.41) is 28.4. The van der Waals surface area contributed by atoms with Crippen LogP contribution in [0.2, 0.25) is 0 Å². The average Bonchev–Trinajstić information content (AvgIpc) is 1.81. The molecule has 0 fully saturated rings. The molecule has 0 saturated heterocycles. The minimum Gasteiger partial charge on any atom is -0.455 e. The Hall–Kier alpha value is -12.7. The first-order valence-electron chi connectivity index (χ1n) is 28.8. The van der Waals surface area contributed by atoms with Crippen molar-refractivity contribution < 1.29 is 8.83 Å². The highest BCUT2D eigenvalue weighted by Gasteiger charge is 2.26. The van der Waals surface area contributed by atoms with Gasteiger partial charge >= 0.3 is 0 Å². The molecule has 0 aliphatic heterocycles. The zero-order valence-corrected chi connectivity index (χ0v) is 46.6. The zero-order chi connectivity index (χ0) is 58.6. The van der Waals surface area contributed by atoms with Crippen LogP contribution in [-0.2, 0) is 0 Å². The van der Waals surface area contributed by atoms with Crippen molar-refractivity contribution in [2.45, 2.75) is 0 Å². The fourth-order valence-electron chi connectivity index (χ4n) is 13.0. The van der Waals surface area contributed by atoms with Gasteiger partial charge in [0.1, 0.15) is 22.3 Å². The summed E-state index contributed by atoms with van der Waals surface area (Å²) < 4.78 is 18.2. The number of aromatic nitrogens is 5. The van der Waals surface area contributed by atoms with Gasteiger partial charge in [-0.2, -0.15) is 10.5 Å². The molecule has 88 heavy (non-hydrogen) atoms. The fourth-order valence-corrected chi connectivity index (χ4v) is 13.0. The van der Waals surface area contributed by atoms with E-state index in [-0.39, 0.29) is 0 Å². The number of nitrogens with zero attached hydrogens (tertiary/aromatic N) is 8. The minimum absolute atomic E-state index is 0.415. The molecule has 0 bridgehead atoms. The van der Waals surface area contributed by atoms with Crippen molar-refractivity contribution in [1.29, 1.82) is 10.5 Å². The van der Waals surface area contributed by atoms with E-state index in [9.17, 15) is 10.5 Å². The maximum absolute atomic E-state index is 10.2. The van der Waals surface area contributed by atoms with Crippen LogP contribution in [0.3, 0.4) is 0 Å². The van der Waals surface area contributed by atoms with Crippen LogP contribution >= 0.6 is 0 Å². The molecule has 5 aromatic heterocycles. The third-order valence-electron chi connectivity index (χ3n) is 17.1. The van der Waals surface area contributed by atoms with Crippen molar-refractivity contribution in [3.63, 3.8) is 0 Å². The second-order valence-electron chi connectivity index (χ2n) is 22.0. The van der Waals surface area contributed by atoms with Gasteiger partial charge in [0, 0.05) is 49.0 Å². The van der Waals surface area contributed by atoms with Gasteiger partial charge in [-0.3, -0.25) is 0 Å². The summed E-state index contributed by atoms with van der Waals surface area (Å²) in [5.41, 5.74) is 17.8. The zero-order valence-electron chi connectivity index (χ0n) is 46.6. The van der Waals surface area contributed by atoms with E-state index >= 15 is 0 Å². The van der Waals surface area contributed by atoms with Crippen molar-refractivity contribution in [1.82, 2.24) is 24.1 Å². The molecule has 0 aliphatic carbocycles. The molecule has 10 nitrogen and oxygen atoms in total. The summed E-state index contributed by atoms with van der Waals surface area (Å²) in [6, 6.07) is 90.3. The number of hydrogen-bond acceptors (Lipinski definition) is 7. The molecular weight excluding hydrogens is 1080 g/mol. The Labute approximate surface area is 502 Å². The van der Waals surface area contributed by atoms with Gasteiger partial charge in [-0.25, -0.2) is 19.8 Å². The van der Waals surface area contributed by atoms with Crippen LogP contribution in [0.5, 0.6) is 0 Å². The van der Waals surface area contributed by atoms with Gasteiger partial charge in [-0.15, -0.1) is 0 Å². The number of hydrogen-bond donors (Lipinski definition) is 0. The van der Waals surface area contributed by atoms with Gasteiger partial charge in [0.25, 0.3) is 0 Å². The Morgan fingerprint density at radius 2 is 0.761 bits per heavy atom. The summed E-state index contributed by atoms with van der Waals surface area (Å²) in [5.74, 6) is 1.27. The van der Waals surface area contributed by atoms with E-state index in [0.29, 0.717) is 34.3 Å². The lowest BCUT2D eigenvalue weighted by Crippen LogP contribution is -2.06. The molecule has 5 heterocycles. The first-order chi connectivity index (χ1) is 43.5. The molecule has 406 valence electrons. The van der Waals surface area contributed by atoms with Crippen molar-refractivity contribution in [2.75, 3.05) is 0 Å². The van der Waals surface area contributed by atoms with E-state index in [0.717, 1.165) is 149 Å². The molecule has 0 unspecified atom stereocenters. The lowest BCUT2D eigenvalue weighted by Gasteiger charge is -2.18. The second-order valence-corrected chi connectivity index (χ2v) is 22.0. The standard InChI is InChI=1S/C78H42N8O2/c1-81-55-31-27-48(28-32-55)51-17-12-18-54(41-51)76-82-77(62-33-29-52(49-15-10-13-46(39-49)44-79)42-68(62)85-64-23-6-2-21-60(64)72-66(85)37-35-58-56-19-4-8-25-70(56)87-74(58)72)84-78(83-76)63-34-30-53(50-16-11-14-47(40-50)45-80)43-69(63)86-65-24-7-3-22-61(65)73-67(86)38-36-59-57-20-5-9-26-71(57)88-75(59)73/h2-43H. The Bertz CT molecular complexity index is 5630. The number of para-hydroxylation sites is 4. The topological polar surface area (TPSA) is 127 Å². The third kappa shape index (κ3) is 7.83. The SMILES string of the molecule is [C-]#[N+]c1ccc(-c2cccc(-c3nc(-c4ccc(-c5cccc(C#N)c5)cc4-n4c5ccccc5c5c6oc7ccccc7c6ccc54)nc(-c4ccc(-c5cccc(C#N)c5)cc4-n4c5ccccc5c5c6oc7ccccc7c6ccc54)n3)c2)cc1. The van der Waals surface area contributed by atoms with Crippen molar-refractivity contribution in [3.05, 3.63) is 277 Å². The molecule has 0 atom stereocenters. The number of benzene rings is 12. The van der Waals surface area contributed by atoms with Gasteiger partial charge in [0.05, 0.1) is 74.1 Å². The maximum atomic E-state index is 10.2. The summed E-state index contributed by atoms with van der Waals surface area (Å²) in [4.78, 5) is 20.4. The lowest BCUT2D eigenvalue weighted by atomic mass is 9.99. The summed E-state index contributed by atoms with van der Waals surface area (Å²) in [6.07, 6.45) is 0. The number of fused-ring (bicyclic) bond motifs is 14. The van der Waals surface area contributed by atoms with Crippen molar-refractivity contribution in [3.8, 4) is 91.1 Å². The van der Waals surface area contributed by atoms with E-state index in [4.69, 9.17) is 30.4 Å². The average molecular weight is 1120 g/mol. The van der Waals surface area contributed by atoms with E-state index < -0.39 is 0 Å². The monoisotopic (exact) mass is 1120 g/mol. The molecule has 0 radical (unpaired) electrons. The van der Waals surface area contributed by atoms with Crippen LogP contribution in [0.15, 0.2) is 264 Å². The molecule has 0 saturated carbocycles. The number of furan rings is 2. The van der Waals surface area contributed by atoms with Crippen LogP contribution < -0.4 is 0 Å². The van der Waals surface area contributed by atoms with E-state index in [1.165, 1.54) is 0 Å². The van der Waals surface area contributed by atoms with Crippen molar-refractivity contribution >= 4 is 93.2 Å². The number of nitriles is 2. The summed E-state index contributed by atoms with van der Waals surface area (Å²) in [6.45, 7) is 7.65. The molecule has 17 aromatic rings. The van der Waals surface area contributed by atoms with Crippen LogP contribution in [0.1, 0.15) is 11.1 Å². The molecule has 0 aliphatic rings. The fraction of sp³-hybridized carbons (Fsp3) is 0. The van der Waals surface area contributed by atoms with E-state index in [2.05, 4.69) is 160 Å². The summed E-state index contributed by atoms with van der Waals surface area (Å²) in [7, 11) is 0. The Morgan fingerprint density at radius 1 is 0.341 bits per heavy atom. The highest BCUT2D eigenvalue weighted by molar-refractivity contribution is 6.25. The van der Waals surface area contributed by atoms with E-state index in [1.807, 2.05) is 121 Å². The van der Waals surface area contributed by atoms with Crippen LogP contribution in [0.25, 0.3) is 171 Å². The van der Waals surface area contributed by atoms with Gasteiger partial charge in [-0.05, 0) is 137 Å². The predicted molar refractivity (Wildman–Crippen MR) is 351 cm³/mol. The Balaban J connectivity index is 0.972. The molecule has 0 spiro atoms. The number of rotatable bonds is 8. The van der Waals surface area contributed by atoms with Crippen molar-refractivity contribution in [2.24, 2.45) is 0 Å². The quantitative estimate of drug-likeness (QED) is 0.139.